The zero-order chi connectivity index (χ0) is 10.8. The van der Waals surface area contributed by atoms with Crippen molar-refractivity contribution < 1.29 is 9.18 Å². The first kappa shape index (κ1) is 9.58. The summed E-state index contributed by atoms with van der Waals surface area (Å²) in [6.07, 6.45) is 0.707. The van der Waals surface area contributed by atoms with E-state index >= 15 is 0 Å². The van der Waals surface area contributed by atoms with Crippen LogP contribution in [0.4, 0.5) is 4.39 Å². The molecule has 2 aromatic rings. The molecule has 3 nitrogen and oxygen atoms in total. The monoisotopic (exact) mass is 204 g/mol. The number of hydrogen-bond donors (Lipinski definition) is 1. The van der Waals surface area contributed by atoms with Crippen LogP contribution in [0, 0.1) is 12.7 Å². The minimum absolute atomic E-state index is 0.307. The molecule has 0 bridgehead atoms. The zero-order valence-corrected chi connectivity index (χ0v) is 8.12. The summed E-state index contributed by atoms with van der Waals surface area (Å²) in [5.74, 6) is 0.357. The molecule has 1 aromatic carbocycles. The van der Waals surface area contributed by atoms with Crippen molar-refractivity contribution in [2.45, 2.75) is 6.92 Å². The number of rotatable bonds is 2. The van der Waals surface area contributed by atoms with Crippen molar-refractivity contribution in [3.63, 3.8) is 0 Å². The smallest absolute Gasteiger partial charge is 0.168 e. The second-order valence-corrected chi connectivity index (χ2v) is 3.21. The van der Waals surface area contributed by atoms with Crippen molar-refractivity contribution in [3.8, 4) is 11.3 Å². The first-order chi connectivity index (χ1) is 7.20. The molecule has 0 spiro atoms. The lowest BCUT2D eigenvalue weighted by molar-refractivity contribution is 0.112. The predicted molar refractivity (Wildman–Crippen MR) is 54.1 cm³/mol. The van der Waals surface area contributed by atoms with Crippen molar-refractivity contribution in [2.24, 2.45) is 0 Å². The van der Waals surface area contributed by atoms with Gasteiger partial charge in [0.1, 0.15) is 17.3 Å². The van der Waals surface area contributed by atoms with Gasteiger partial charge in [-0.15, -0.1) is 0 Å². The van der Waals surface area contributed by atoms with E-state index in [0.29, 0.717) is 23.5 Å². The molecule has 0 atom stereocenters. The molecule has 2 rings (SSSR count). The van der Waals surface area contributed by atoms with Crippen LogP contribution in [0.5, 0.6) is 0 Å². The lowest BCUT2D eigenvalue weighted by Crippen LogP contribution is -1.85. The number of halogens is 1. The number of aryl methyl sites for hydroxylation is 1. The van der Waals surface area contributed by atoms with Gasteiger partial charge in [0.25, 0.3) is 0 Å². The van der Waals surface area contributed by atoms with Crippen LogP contribution in [0.15, 0.2) is 24.3 Å². The van der Waals surface area contributed by atoms with Crippen LogP contribution >= 0.6 is 0 Å². The summed E-state index contributed by atoms with van der Waals surface area (Å²) >= 11 is 0. The molecule has 4 heteroatoms. The highest BCUT2D eigenvalue weighted by Gasteiger charge is 2.09. The molecule has 76 valence electrons. The molecule has 0 unspecified atom stereocenters. The Morgan fingerprint density at radius 1 is 1.33 bits per heavy atom. The van der Waals surface area contributed by atoms with Crippen molar-refractivity contribution in [1.29, 1.82) is 0 Å². The van der Waals surface area contributed by atoms with Gasteiger partial charge in [0.05, 0.1) is 5.69 Å². The number of carbonyl (C=O) groups is 1. The van der Waals surface area contributed by atoms with Crippen LogP contribution < -0.4 is 0 Å². The molecule has 1 N–H and O–H groups in total. The number of benzene rings is 1. The van der Waals surface area contributed by atoms with E-state index in [-0.39, 0.29) is 5.82 Å². The molecule has 0 saturated carbocycles. The molecule has 1 aromatic heterocycles. The summed E-state index contributed by atoms with van der Waals surface area (Å²) in [7, 11) is 0. The predicted octanol–water partition coefficient (Wildman–Crippen LogP) is 2.34. The number of H-pyrrole nitrogens is 1. The van der Waals surface area contributed by atoms with Crippen LogP contribution in [0.3, 0.4) is 0 Å². The fraction of sp³-hybridized carbons (Fsp3) is 0.0909. The number of aromatic nitrogens is 2. The minimum atomic E-state index is -0.307. The minimum Gasteiger partial charge on any atom is -0.340 e. The largest absolute Gasteiger partial charge is 0.340 e. The lowest BCUT2D eigenvalue weighted by Gasteiger charge is -1.96. The van der Waals surface area contributed by atoms with Gasteiger partial charge in [0.2, 0.25) is 0 Å². The maximum absolute atomic E-state index is 12.7. The Labute approximate surface area is 86.0 Å². The Balaban J connectivity index is 2.52. The van der Waals surface area contributed by atoms with Crippen LogP contribution in [0.2, 0.25) is 0 Å². The van der Waals surface area contributed by atoms with Gasteiger partial charge in [-0.3, -0.25) is 4.79 Å². The maximum Gasteiger partial charge on any atom is 0.168 e. The number of nitrogens with zero attached hydrogens (tertiary/aromatic N) is 1. The Bertz CT molecular complexity index is 488. The van der Waals surface area contributed by atoms with Gasteiger partial charge in [-0.25, -0.2) is 9.37 Å². The van der Waals surface area contributed by atoms with E-state index in [0.717, 1.165) is 5.56 Å². The summed E-state index contributed by atoms with van der Waals surface area (Å²) in [6, 6.07) is 5.87. The summed E-state index contributed by atoms with van der Waals surface area (Å²) in [5, 5.41) is 0. The van der Waals surface area contributed by atoms with Gasteiger partial charge in [0, 0.05) is 5.56 Å². The molecule has 0 amide bonds. The molecule has 15 heavy (non-hydrogen) atoms. The van der Waals surface area contributed by atoms with Crippen molar-refractivity contribution in [1.82, 2.24) is 9.97 Å². The summed E-state index contributed by atoms with van der Waals surface area (Å²) in [6.45, 7) is 1.76. The highest BCUT2D eigenvalue weighted by atomic mass is 19.1. The molecule has 1 heterocycles. The molecule has 0 radical (unpaired) electrons. The molecule has 0 fully saturated rings. The molecule has 0 aliphatic rings. The van der Waals surface area contributed by atoms with Gasteiger partial charge in [-0.05, 0) is 31.2 Å². The zero-order valence-electron chi connectivity index (χ0n) is 8.12. The highest BCUT2D eigenvalue weighted by molar-refractivity contribution is 5.83. The summed E-state index contributed by atoms with van der Waals surface area (Å²) < 4.78 is 12.7. The standard InChI is InChI=1S/C11H9FN2O/c1-7-13-10(6-15)11(14-7)8-2-4-9(12)5-3-8/h2-6H,1H3,(H,13,14). The molecule has 0 aliphatic carbocycles. The van der Waals surface area contributed by atoms with E-state index < -0.39 is 0 Å². The van der Waals surface area contributed by atoms with Gasteiger partial charge >= 0.3 is 0 Å². The first-order valence-electron chi connectivity index (χ1n) is 4.48. The van der Waals surface area contributed by atoms with Gasteiger partial charge in [-0.1, -0.05) is 0 Å². The Morgan fingerprint density at radius 2 is 2.00 bits per heavy atom. The van der Waals surface area contributed by atoms with Gasteiger partial charge < -0.3 is 4.98 Å². The quantitative estimate of drug-likeness (QED) is 0.763. The number of aldehydes is 1. The fourth-order valence-corrected chi connectivity index (χ4v) is 1.42. The summed E-state index contributed by atoms with van der Waals surface area (Å²) in [4.78, 5) is 17.7. The van der Waals surface area contributed by atoms with Crippen molar-refractivity contribution >= 4 is 6.29 Å². The summed E-state index contributed by atoms with van der Waals surface area (Å²) in [5.41, 5.74) is 1.70. The van der Waals surface area contributed by atoms with E-state index in [2.05, 4.69) is 9.97 Å². The molecular weight excluding hydrogens is 195 g/mol. The Kier molecular flexibility index (Phi) is 2.33. The van der Waals surface area contributed by atoms with E-state index in [1.165, 1.54) is 12.1 Å². The molecule has 0 aliphatic heterocycles. The third kappa shape index (κ3) is 1.79. The van der Waals surface area contributed by atoms with E-state index in [1.54, 1.807) is 19.1 Å². The molecular formula is C11H9FN2O. The topological polar surface area (TPSA) is 45.8 Å². The fourth-order valence-electron chi connectivity index (χ4n) is 1.42. The average molecular weight is 204 g/mol. The average Bonchev–Trinajstić information content (AvgIpc) is 2.61. The first-order valence-corrected chi connectivity index (χ1v) is 4.48. The van der Waals surface area contributed by atoms with Crippen molar-refractivity contribution in [3.05, 3.63) is 41.6 Å². The van der Waals surface area contributed by atoms with E-state index in [9.17, 15) is 9.18 Å². The number of nitrogens with one attached hydrogen (secondary N) is 1. The number of hydrogen-bond acceptors (Lipinski definition) is 2. The van der Waals surface area contributed by atoms with E-state index in [1.807, 2.05) is 0 Å². The van der Waals surface area contributed by atoms with Crippen LogP contribution in [-0.2, 0) is 0 Å². The number of carbonyl (C=O) groups excluding carboxylic acids is 1. The highest BCUT2D eigenvalue weighted by Crippen LogP contribution is 2.20. The Hall–Kier alpha value is -1.97. The third-order valence-corrected chi connectivity index (χ3v) is 2.09. The SMILES string of the molecule is Cc1nc(-c2ccc(F)cc2)c(C=O)[nH]1. The number of aromatic amines is 1. The normalized spacial score (nSPS) is 10.3. The molecule has 0 saturated heterocycles. The third-order valence-electron chi connectivity index (χ3n) is 2.09. The second-order valence-electron chi connectivity index (χ2n) is 3.21. The van der Waals surface area contributed by atoms with Crippen LogP contribution in [-0.4, -0.2) is 16.3 Å². The van der Waals surface area contributed by atoms with E-state index in [4.69, 9.17) is 0 Å². The van der Waals surface area contributed by atoms with Crippen LogP contribution in [0.25, 0.3) is 11.3 Å². The lowest BCUT2D eigenvalue weighted by atomic mass is 10.1. The van der Waals surface area contributed by atoms with Gasteiger partial charge in [0.15, 0.2) is 6.29 Å². The van der Waals surface area contributed by atoms with Crippen molar-refractivity contribution in [2.75, 3.05) is 0 Å². The Morgan fingerprint density at radius 3 is 2.60 bits per heavy atom. The van der Waals surface area contributed by atoms with Gasteiger partial charge in [-0.2, -0.15) is 0 Å². The maximum atomic E-state index is 12.7. The number of imidazole rings is 1. The van der Waals surface area contributed by atoms with Crippen LogP contribution in [0.1, 0.15) is 16.3 Å². The second kappa shape index (κ2) is 3.65.